The number of allylic oxidation sites excluding steroid dienone is 1. The molecule has 19 heavy (non-hydrogen) atoms. The van der Waals surface area contributed by atoms with Crippen LogP contribution in [-0.2, 0) is 14.3 Å². The fourth-order valence-corrected chi connectivity index (χ4v) is 1.46. The number of halogens is 1. The Morgan fingerprint density at radius 2 is 2.21 bits per heavy atom. The summed E-state index contributed by atoms with van der Waals surface area (Å²) in [4.78, 5) is 22.6. The van der Waals surface area contributed by atoms with Gasteiger partial charge < -0.3 is 4.74 Å². The van der Waals surface area contributed by atoms with Crippen molar-refractivity contribution in [2.75, 3.05) is 6.61 Å². The Labute approximate surface area is 116 Å². The zero-order valence-corrected chi connectivity index (χ0v) is 10.9. The van der Waals surface area contributed by atoms with E-state index in [1.165, 1.54) is 6.08 Å². The SMILES string of the molecule is N#CCCOC(=O)CC(=O)C=Cc1cccc(Cl)c1. The number of esters is 1. The standard InChI is InChI=1S/C14H12ClNO3/c15-12-4-1-3-11(9-12)5-6-13(17)10-14(18)19-8-2-7-16/h1,3-6,9H,2,8,10H2. The van der Waals surface area contributed by atoms with Crippen LogP contribution in [-0.4, -0.2) is 18.4 Å². The molecule has 0 aliphatic carbocycles. The normalized spacial score (nSPS) is 10.1. The number of benzene rings is 1. The Morgan fingerprint density at radius 3 is 2.89 bits per heavy atom. The lowest BCUT2D eigenvalue weighted by atomic mass is 10.2. The van der Waals surface area contributed by atoms with Crippen molar-refractivity contribution in [3.63, 3.8) is 0 Å². The fourth-order valence-electron chi connectivity index (χ4n) is 1.26. The highest BCUT2D eigenvalue weighted by atomic mass is 35.5. The van der Waals surface area contributed by atoms with Gasteiger partial charge in [-0.15, -0.1) is 0 Å². The average Bonchev–Trinajstić information content (AvgIpc) is 2.37. The quantitative estimate of drug-likeness (QED) is 0.347. The van der Waals surface area contributed by atoms with Crippen molar-refractivity contribution in [2.24, 2.45) is 0 Å². The van der Waals surface area contributed by atoms with E-state index in [1.54, 1.807) is 30.3 Å². The lowest BCUT2D eigenvalue weighted by Crippen LogP contribution is -2.10. The molecule has 0 saturated carbocycles. The van der Waals surface area contributed by atoms with Crippen LogP contribution in [0.4, 0.5) is 0 Å². The minimum absolute atomic E-state index is 0.0145. The molecule has 0 fully saturated rings. The molecule has 0 amide bonds. The van der Waals surface area contributed by atoms with Crippen molar-refractivity contribution in [1.29, 1.82) is 5.26 Å². The highest BCUT2D eigenvalue weighted by Gasteiger charge is 2.07. The largest absolute Gasteiger partial charge is 0.464 e. The van der Waals surface area contributed by atoms with Gasteiger partial charge in [0.05, 0.1) is 12.5 Å². The van der Waals surface area contributed by atoms with Crippen molar-refractivity contribution >= 4 is 29.4 Å². The molecule has 1 aromatic rings. The number of carbonyl (C=O) groups is 2. The molecule has 0 unspecified atom stereocenters. The monoisotopic (exact) mass is 277 g/mol. The van der Waals surface area contributed by atoms with Crippen LogP contribution < -0.4 is 0 Å². The van der Waals surface area contributed by atoms with E-state index in [1.807, 2.05) is 6.07 Å². The molecule has 0 heterocycles. The third-order valence-electron chi connectivity index (χ3n) is 2.11. The van der Waals surface area contributed by atoms with Gasteiger partial charge in [0.2, 0.25) is 0 Å². The third-order valence-corrected chi connectivity index (χ3v) is 2.34. The molecular formula is C14H12ClNO3. The highest BCUT2D eigenvalue weighted by molar-refractivity contribution is 6.30. The summed E-state index contributed by atoms with van der Waals surface area (Å²) in [5.74, 6) is -0.988. The number of ether oxygens (including phenoxy) is 1. The summed E-state index contributed by atoms with van der Waals surface area (Å²) < 4.78 is 4.69. The second-order valence-corrected chi connectivity index (χ2v) is 4.10. The Balaban J connectivity index is 2.43. The number of nitriles is 1. The van der Waals surface area contributed by atoms with Crippen LogP contribution >= 0.6 is 11.6 Å². The van der Waals surface area contributed by atoms with E-state index in [4.69, 9.17) is 16.9 Å². The number of hydrogen-bond acceptors (Lipinski definition) is 4. The van der Waals surface area contributed by atoms with Crippen LogP contribution in [0.5, 0.6) is 0 Å². The van der Waals surface area contributed by atoms with Crippen LogP contribution in [0, 0.1) is 11.3 Å². The molecule has 0 atom stereocenters. The van der Waals surface area contributed by atoms with Crippen molar-refractivity contribution < 1.29 is 14.3 Å². The molecule has 0 aliphatic heterocycles. The van der Waals surface area contributed by atoms with Crippen molar-refractivity contribution in [1.82, 2.24) is 0 Å². The van der Waals surface area contributed by atoms with E-state index in [9.17, 15) is 9.59 Å². The Morgan fingerprint density at radius 1 is 1.42 bits per heavy atom. The minimum Gasteiger partial charge on any atom is -0.464 e. The van der Waals surface area contributed by atoms with Gasteiger partial charge in [-0.1, -0.05) is 29.8 Å². The predicted octanol–water partition coefficient (Wildman–Crippen LogP) is 2.77. The first-order chi connectivity index (χ1) is 9.11. The van der Waals surface area contributed by atoms with E-state index in [0.29, 0.717) is 5.02 Å². The van der Waals surface area contributed by atoms with Gasteiger partial charge in [0.1, 0.15) is 13.0 Å². The highest BCUT2D eigenvalue weighted by Crippen LogP contribution is 2.11. The first-order valence-corrected chi connectivity index (χ1v) is 5.98. The smallest absolute Gasteiger partial charge is 0.313 e. The first-order valence-electron chi connectivity index (χ1n) is 5.61. The Bertz CT molecular complexity index is 532. The van der Waals surface area contributed by atoms with Gasteiger partial charge in [-0.25, -0.2) is 0 Å². The average molecular weight is 278 g/mol. The van der Waals surface area contributed by atoms with E-state index in [0.717, 1.165) is 5.56 Å². The first kappa shape index (κ1) is 14.9. The zero-order valence-electron chi connectivity index (χ0n) is 10.1. The number of ketones is 1. The summed E-state index contributed by atoms with van der Waals surface area (Å²) >= 11 is 5.80. The predicted molar refractivity (Wildman–Crippen MR) is 71.3 cm³/mol. The second kappa shape index (κ2) is 8.06. The summed E-state index contributed by atoms with van der Waals surface area (Å²) in [6.07, 6.45) is 2.68. The summed E-state index contributed by atoms with van der Waals surface area (Å²) in [6, 6.07) is 8.83. The molecular weight excluding hydrogens is 266 g/mol. The lowest BCUT2D eigenvalue weighted by molar-refractivity contribution is -0.145. The van der Waals surface area contributed by atoms with Gasteiger partial charge in [-0.3, -0.25) is 9.59 Å². The Kier molecular flexibility index (Phi) is 6.34. The molecule has 0 spiro atoms. The van der Waals surface area contributed by atoms with Gasteiger partial charge in [0, 0.05) is 5.02 Å². The second-order valence-electron chi connectivity index (χ2n) is 3.66. The maximum atomic E-state index is 11.5. The van der Waals surface area contributed by atoms with Crippen LogP contribution in [0.3, 0.4) is 0 Å². The third kappa shape index (κ3) is 6.39. The van der Waals surface area contributed by atoms with Crippen LogP contribution in [0.1, 0.15) is 18.4 Å². The topological polar surface area (TPSA) is 67.2 Å². The zero-order chi connectivity index (χ0) is 14.1. The van der Waals surface area contributed by atoms with Crippen LogP contribution in [0.15, 0.2) is 30.3 Å². The van der Waals surface area contributed by atoms with E-state index in [2.05, 4.69) is 4.74 Å². The number of rotatable bonds is 6. The summed E-state index contributed by atoms with van der Waals surface area (Å²) in [6.45, 7) is 0.0145. The summed E-state index contributed by atoms with van der Waals surface area (Å²) in [5.41, 5.74) is 0.777. The van der Waals surface area contributed by atoms with Gasteiger partial charge >= 0.3 is 5.97 Å². The minimum atomic E-state index is -0.629. The molecule has 0 aromatic heterocycles. The summed E-state index contributed by atoms with van der Waals surface area (Å²) in [7, 11) is 0. The van der Waals surface area contributed by atoms with Gasteiger partial charge in [0.15, 0.2) is 5.78 Å². The van der Waals surface area contributed by atoms with Gasteiger partial charge in [-0.2, -0.15) is 5.26 Å². The molecule has 0 saturated heterocycles. The number of nitrogens with zero attached hydrogens (tertiary/aromatic N) is 1. The van der Waals surface area contributed by atoms with E-state index >= 15 is 0 Å². The molecule has 0 aliphatic rings. The Hall–Kier alpha value is -2.12. The molecule has 98 valence electrons. The fraction of sp³-hybridized carbons (Fsp3) is 0.214. The molecule has 5 heteroatoms. The van der Waals surface area contributed by atoms with Crippen molar-refractivity contribution in [3.8, 4) is 6.07 Å². The summed E-state index contributed by atoms with van der Waals surface area (Å²) in [5, 5.41) is 8.84. The lowest BCUT2D eigenvalue weighted by Gasteiger charge is -1.99. The molecule has 1 rings (SSSR count). The maximum absolute atomic E-state index is 11.5. The van der Waals surface area contributed by atoms with Gasteiger partial charge in [0.25, 0.3) is 0 Å². The molecule has 0 radical (unpaired) electrons. The number of hydrogen-bond donors (Lipinski definition) is 0. The van der Waals surface area contributed by atoms with Crippen molar-refractivity contribution in [3.05, 3.63) is 40.9 Å². The molecule has 0 N–H and O–H groups in total. The maximum Gasteiger partial charge on any atom is 0.313 e. The van der Waals surface area contributed by atoms with E-state index in [-0.39, 0.29) is 25.2 Å². The van der Waals surface area contributed by atoms with Gasteiger partial charge in [-0.05, 0) is 23.8 Å². The molecule has 4 nitrogen and oxygen atoms in total. The van der Waals surface area contributed by atoms with Crippen molar-refractivity contribution in [2.45, 2.75) is 12.8 Å². The molecule has 0 bridgehead atoms. The molecule has 1 aromatic carbocycles. The van der Waals surface area contributed by atoms with Crippen LogP contribution in [0.2, 0.25) is 5.02 Å². The van der Waals surface area contributed by atoms with E-state index < -0.39 is 5.97 Å². The number of carbonyl (C=O) groups excluding carboxylic acids is 2. The van der Waals surface area contributed by atoms with Crippen LogP contribution in [0.25, 0.3) is 6.08 Å².